The maximum Gasteiger partial charge on any atom is 0.0870 e. The molecule has 1 aliphatic heterocycles. The van der Waals surface area contributed by atoms with Crippen molar-refractivity contribution in [3.05, 3.63) is 17.5 Å². The number of nitriles is 1. The van der Waals surface area contributed by atoms with Crippen LogP contribution in [0, 0.1) is 11.3 Å². The molecule has 0 bridgehead atoms. The van der Waals surface area contributed by atoms with Crippen LogP contribution in [0.2, 0.25) is 0 Å². The fraction of sp³-hybridized carbons (Fsp3) is 0.556. The van der Waals surface area contributed by atoms with Crippen molar-refractivity contribution < 1.29 is 0 Å². The molecule has 0 fully saturated rings. The molecule has 0 amide bonds. The first kappa shape index (κ1) is 9.19. The van der Waals surface area contributed by atoms with Gasteiger partial charge in [-0.25, -0.2) is 0 Å². The van der Waals surface area contributed by atoms with E-state index in [0.717, 1.165) is 30.9 Å². The Hall–Kier alpha value is -1.38. The van der Waals surface area contributed by atoms with Gasteiger partial charge in [-0.3, -0.25) is 9.58 Å². The standard InChI is InChI=1S/C9H13N5/c10-1-2-13-3-4-14-9(7-13)8(5-11)6-12-14/h6H,2-5,7,11H2. The summed E-state index contributed by atoms with van der Waals surface area (Å²) in [7, 11) is 0. The number of hydrogen-bond acceptors (Lipinski definition) is 4. The van der Waals surface area contributed by atoms with Gasteiger partial charge in [0.25, 0.3) is 0 Å². The summed E-state index contributed by atoms with van der Waals surface area (Å²) < 4.78 is 1.98. The van der Waals surface area contributed by atoms with E-state index >= 15 is 0 Å². The van der Waals surface area contributed by atoms with E-state index in [9.17, 15) is 0 Å². The van der Waals surface area contributed by atoms with Crippen molar-refractivity contribution in [1.82, 2.24) is 14.7 Å². The van der Waals surface area contributed by atoms with E-state index in [1.165, 1.54) is 0 Å². The van der Waals surface area contributed by atoms with Crippen LogP contribution in [0.3, 0.4) is 0 Å². The molecule has 1 aromatic rings. The Bertz CT molecular complexity index is 348. The van der Waals surface area contributed by atoms with Crippen LogP contribution in [0.25, 0.3) is 0 Å². The lowest BCUT2D eigenvalue weighted by Crippen LogP contribution is -2.34. The highest BCUT2D eigenvalue weighted by atomic mass is 15.3. The monoisotopic (exact) mass is 191 g/mol. The number of fused-ring (bicyclic) bond motifs is 1. The molecule has 1 aromatic heterocycles. The quantitative estimate of drug-likeness (QED) is 0.650. The van der Waals surface area contributed by atoms with Gasteiger partial charge in [0.2, 0.25) is 0 Å². The molecule has 14 heavy (non-hydrogen) atoms. The molecule has 0 atom stereocenters. The van der Waals surface area contributed by atoms with E-state index in [1.807, 2.05) is 10.9 Å². The fourth-order valence-corrected chi connectivity index (χ4v) is 1.76. The van der Waals surface area contributed by atoms with Crippen molar-refractivity contribution in [1.29, 1.82) is 5.26 Å². The molecule has 2 N–H and O–H groups in total. The third kappa shape index (κ3) is 1.50. The third-order valence-electron chi connectivity index (χ3n) is 2.55. The summed E-state index contributed by atoms with van der Waals surface area (Å²) in [5.41, 5.74) is 7.85. The molecule has 2 heterocycles. The van der Waals surface area contributed by atoms with Gasteiger partial charge >= 0.3 is 0 Å². The maximum atomic E-state index is 8.60. The average molecular weight is 191 g/mol. The Morgan fingerprint density at radius 1 is 1.57 bits per heavy atom. The molecule has 0 saturated heterocycles. The van der Waals surface area contributed by atoms with Crippen molar-refractivity contribution >= 4 is 0 Å². The minimum atomic E-state index is 0.481. The van der Waals surface area contributed by atoms with Crippen molar-refractivity contribution in [3.8, 4) is 6.07 Å². The second-order valence-corrected chi connectivity index (χ2v) is 3.41. The first-order valence-corrected chi connectivity index (χ1v) is 4.68. The van der Waals surface area contributed by atoms with Crippen molar-refractivity contribution in [2.45, 2.75) is 19.6 Å². The Morgan fingerprint density at radius 2 is 2.43 bits per heavy atom. The summed E-state index contributed by atoms with van der Waals surface area (Å²) in [6.45, 7) is 3.55. The van der Waals surface area contributed by atoms with E-state index < -0.39 is 0 Å². The summed E-state index contributed by atoms with van der Waals surface area (Å²) in [4.78, 5) is 2.11. The number of hydrogen-bond donors (Lipinski definition) is 1. The lowest BCUT2D eigenvalue weighted by atomic mass is 10.2. The summed E-state index contributed by atoms with van der Waals surface area (Å²) in [5.74, 6) is 0. The van der Waals surface area contributed by atoms with Gasteiger partial charge in [0.15, 0.2) is 0 Å². The molecule has 0 spiro atoms. The van der Waals surface area contributed by atoms with Crippen LogP contribution in [0.5, 0.6) is 0 Å². The van der Waals surface area contributed by atoms with Gasteiger partial charge in [-0.1, -0.05) is 0 Å². The van der Waals surface area contributed by atoms with Gasteiger partial charge in [0.1, 0.15) is 0 Å². The molecule has 5 heteroatoms. The maximum absolute atomic E-state index is 8.60. The molecule has 0 radical (unpaired) electrons. The van der Waals surface area contributed by atoms with Crippen LogP contribution < -0.4 is 5.73 Å². The molecule has 0 saturated carbocycles. The van der Waals surface area contributed by atoms with Crippen LogP contribution in [-0.4, -0.2) is 27.8 Å². The molecule has 5 nitrogen and oxygen atoms in total. The van der Waals surface area contributed by atoms with Crippen molar-refractivity contribution in [2.24, 2.45) is 5.73 Å². The molecule has 0 aliphatic carbocycles. The summed E-state index contributed by atoms with van der Waals surface area (Å²) in [6.07, 6.45) is 1.82. The third-order valence-corrected chi connectivity index (χ3v) is 2.55. The van der Waals surface area contributed by atoms with Crippen LogP contribution in [-0.2, 0) is 19.6 Å². The van der Waals surface area contributed by atoms with E-state index in [-0.39, 0.29) is 0 Å². The highest BCUT2D eigenvalue weighted by Gasteiger charge is 2.18. The second-order valence-electron chi connectivity index (χ2n) is 3.41. The Morgan fingerprint density at radius 3 is 3.14 bits per heavy atom. The van der Waals surface area contributed by atoms with Crippen LogP contribution in [0.1, 0.15) is 11.3 Å². The Labute approximate surface area is 82.7 Å². The number of nitrogens with zero attached hydrogens (tertiary/aromatic N) is 4. The van der Waals surface area contributed by atoms with E-state index in [0.29, 0.717) is 13.1 Å². The van der Waals surface area contributed by atoms with Gasteiger partial charge in [0.05, 0.1) is 31.0 Å². The minimum absolute atomic E-state index is 0.481. The number of aromatic nitrogens is 2. The molecule has 1 aliphatic rings. The van der Waals surface area contributed by atoms with Crippen molar-refractivity contribution in [3.63, 3.8) is 0 Å². The topological polar surface area (TPSA) is 70.9 Å². The van der Waals surface area contributed by atoms with Gasteiger partial charge in [0, 0.05) is 25.2 Å². The van der Waals surface area contributed by atoms with E-state index in [4.69, 9.17) is 11.0 Å². The van der Waals surface area contributed by atoms with E-state index in [2.05, 4.69) is 16.1 Å². The Kier molecular flexibility index (Phi) is 2.48. The van der Waals surface area contributed by atoms with Gasteiger partial charge < -0.3 is 5.73 Å². The normalized spacial score (nSPS) is 16.3. The van der Waals surface area contributed by atoms with Gasteiger partial charge in [-0.2, -0.15) is 10.4 Å². The van der Waals surface area contributed by atoms with E-state index in [1.54, 1.807) is 0 Å². The van der Waals surface area contributed by atoms with Crippen LogP contribution in [0.4, 0.5) is 0 Å². The molecule has 2 rings (SSSR count). The predicted octanol–water partition coefficient (Wildman–Crippen LogP) is -0.319. The predicted molar refractivity (Wildman–Crippen MR) is 51.0 cm³/mol. The first-order chi connectivity index (χ1) is 6.85. The molecular formula is C9H13N5. The SMILES string of the molecule is N#CCN1CCn2ncc(CN)c2C1. The largest absolute Gasteiger partial charge is 0.326 e. The Balaban J connectivity index is 2.19. The zero-order valence-corrected chi connectivity index (χ0v) is 7.98. The number of rotatable bonds is 2. The minimum Gasteiger partial charge on any atom is -0.326 e. The number of nitrogens with two attached hydrogens (primary N) is 1. The van der Waals surface area contributed by atoms with Gasteiger partial charge in [-0.05, 0) is 0 Å². The highest BCUT2D eigenvalue weighted by molar-refractivity contribution is 5.18. The first-order valence-electron chi connectivity index (χ1n) is 4.68. The zero-order valence-electron chi connectivity index (χ0n) is 7.98. The summed E-state index contributed by atoms with van der Waals surface area (Å²) >= 11 is 0. The molecule has 0 unspecified atom stereocenters. The average Bonchev–Trinajstić information content (AvgIpc) is 2.60. The second kappa shape index (κ2) is 3.78. The summed E-state index contributed by atoms with van der Waals surface area (Å²) in [6, 6.07) is 2.16. The van der Waals surface area contributed by atoms with Crippen LogP contribution >= 0.6 is 0 Å². The highest BCUT2D eigenvalue weighted by Crippen LogP contribution is 2.15. The van der Waals surface area contributed by atoms with Gasteiger partial charge in [-0.15, -0.1) is 0 Å². The van der Waals surface area contributed by atoms with Crippen molar-refractivity contribution in [2.75, 3.05) is 13.1 Å². The lowest BCUT2D eigenvalue weighted by Gasteiger charge is -2.25. The summed E-state index contributed by atoms with van der Waals surface area (Å²) in [5, 5.41) is 12.9. The molecule has 0 aromatic carbocycles. The molecular weight excluding hydrogens is 178 g/mol. The van der Waals surface area contributed by atoms with Crippen LogP contribution in [0.15, 0.2) is 6.20 Å². The lowest BCUT2D eigenvalue weighted by molar-refractivity contribution is 0.236. The fourth-order valence-electron chi connectivity index (χ4n) is 1.76. The zero-order chi connectivity index (χ0) is 9.97. The smallest absolute Gasteiger partial charge is 0.0870 e. The molecule has 74 valence electrons.